The molecule has 12 nitrogen and oxygen atoms in total. The molecule has 0 amide bonds. The van der Waals surface area contributed by atoms with Crippen molar-refractivity contribution in [3.8, 4) is 22.6 Å². The van der Waals surface area contributed by atoms with Gasteiger partial charge in [0.2, 0.25) is 0 Å². The minimum absolute atomic E-state index is 0.170. The highest BCUT2D eigenvalue weighted by Crippen LogP contribution is 2.58. The molecule has 0 bridgehead atoms. The van der Waals surface area contributed by atoms with Crippen LogP contribution in [0.3, 0.4) is 0 Å². The third-order valence-electron chi connectivity index (χ3n) is 9.46. The number of ether oxygens (including phenoxy) is 10. The number of methoxy groups -OCH3 is 2. The molecule has 0 heterocycles. The molecule has 0 unspecified atom stereocenters. The molecule has 0 saturated heterocycles. The number of carbonyl (C=O) groups excluding carboxylic acids is 2. The van der Waals surface area contributed by atoms with Gasteiger partial charge in [-0.3, -0.25) is 0 Å². The van der Waals surface area contributed by atoms with E-state index in [-0.39, 0.29) is 50.8 Å². The van der Waals surface area contributed by atoms with Gasteiger partial charge in [0.05, 0.1) is 84.7 Å². The molecule has 59 heavy (non-hydrogen) atoms. The van der Waals surface area contributed by atoms with Crippen molar-refractivity contribution in [2.24, 2.45) is 0 Å². The number of carbonyl (C=O) groups is 2. The lowest BCUT2D eigenvalue weighted by Gasteiger charge is -2.35. The molecule has 318 valence electrons. The molecule has 0 radical (unpaired) electrons. The molecule has 0 N–H and O–H groups in total. The smallest absolute Gasteiger partial charge is 0.341 e. The van der Waals surface area contributed by atoms with E-state index in [0.717, 1.165) is 42.3 Å². The Balaban J connectivity index is 1.56. The van der Waals surface area contributed by atoms with E-state index in [2.05, 4.69) is 56.1 Å². The molecule has 0 aliphatic heterocycles. The van der Waals surface area contributed by atoms with E-state index >= 15 is 0 Å². The molecule has 0 fully saturated rings. The number of hydrogen-bond donors (Lipinski definition) is 0. The third kappa shape index (κ3) is 11.7. The maximum Gasteiger partial charge on any atom is 0.341 e. The van der Waals surface area contributed by atoms with Crippen LogP contribution in [0.4, 0.5) is 0 Å². The molecular formula is C45H52Br2O12. The molecule has 0 saturated carbocycles. The van der Waals surface area contributed by atoms with Crippen molar-refractivity contribution in [1.29, 1.82) is 0 Å². The van der Waals surface area contributed by atoms with Crippen LogP contribution in [0.5, 0.6) is 11.5 Å². The quantitative estimate of drug-likeness (QED) is 0.0394. The molecule has 5 rings (SSSR count). The summed E-state index contributed by atoms with van der Waals surface area (Å²) in [6.45, 7) is 8.44. The fourth-order valence-electron chi connectivity index (χ4n) is 6.92. The highest BCUT2D eigenvalue weighted by Gasteiger charge is 2.47. The number of rotatable bonds is 26. The summed E-state index contributed by atoms with van der Waals surface area (Å²) < 4.78 is 57.5. The fourth-order valence-corrected chi connectivity index (χ4v) is 7.64. The van der Waals surface area contributed by atoms with Crippen LogP contribution in [-0.2, 0) is 43.3 Å². The second kappa shape index (κ2) is 23.8. The summed E-state index contributed by atoms with van der Waals surface area (Å²) in [5.41, 5.74) is 4.83. The zero-order valence-electron chi connectivity index (χ0n) is 34.0. The van der Waals surface area contributed by atoms with Gasteiger partial charge in [0.15, 0.2) is 0 Å². The number of hydrogen-bond acceptors (Lipinski definition) is 12. The minimum Gasteiger partial charge on any atom is -0.490 e. The zero-order chi connectivity index (χ0) is 42.0. The largest absolute Gasteiger partial charge is 0.490 e. The van der Waals surface area contributed by atoms with Gasteiger partial charge in [0, 0.05) is 23.2 Å². The summed E-state index contributed by atoms with van der Waals surface area (Å²) in [4.78, 5) is 27.5. The lowest BCUT2D eigenvalue weighted by atomic mass is 9.67. The number of benzene rings is 4. The van der Waals surface area contributed by atoms with Crippen LogP contribution in [0.2, 0.25) is 0 Å². The second-order valence-electron chi connectivity index (χ2n) is 13.1. The molecule has 0 atom stereocenters. The normalized spacial score (nSPS) is 12.5. The fraction of sp³-hybridized carbons (Fsp3) is 0.422. The standard InChI is InChI=1S/C45H52Br2O12/c1-5-56-43(48)37-27-31(7-13-41(37)58-25-23-54-21-19-52-17-15-50-3)45(39-29-33(46)9-11-35(39)36-12-10-34(47)30-40(36)45)32-8-14-42(38(28-32)44(49)57-6-2)59-26-24-55-22-20-53-18-16-51-4/h7-14,27-30H,5-6,15-26H2,1-4H3. The van der Waals surface area contributed by atoms with Gasteiger partial charge in [0.1, 0.15) is 35.8 Å². The SMILES string of the molecule is CCOC(=O)c1cc(C2(c3ccc(OCCOCCOCCOC)c(C(=O)OCC)c3)c3cc(Br)ccc3-c3ccc(Br)cc32)ccc1OCCOCCOCCOC. The van der Waals surface area contributed by atoms with Gasteiger partial charge in [-0.15, -0.1) is 0 Å². The average molecular weight is 945 g/mol. The molecule has 0 spiro atoms. The first-order valence-corrected chi connectivity index (χ1v) is 21.2. The van der Waals surface area contributed by atoms with E-state index in [1.54, 1.807) is 40.2 Å². The van der Waals surface area contributed by atoms with Gasteiger partial charge in [-0.05, 0) is 95.8 Å². The predicted octanol–water partition coefficient (Wildman–Crippen LogP) is 8.04. The van der Waals surface area contributed by atoms with Crippen LogP contribution in [0, 0.1) is 0 Å². The van der Waals surface area contributed by atoms with Crippen molar-refractivity contribution in [3.63, 3.8) is 0 Å². The number of halogens is 2. The predicted molar refractivity (Wildman–Crippen MR) is 229 cm³/mol. The molecular weight excluding hydrogens is 892 g/mol. The Labute approximate surface area is 362 Å². The summed E-state index contributed by atoms with van der Waals surface area (Å²) in [5.74, 6) is -0.366. The van der Waals surface area contributed by atoms with Crippen LogP contribution in [0.1, 0.15) is 56.8 Å². The molecule has 4 aromatic rings. The first-order chi connectivity index (χ1) is 28.8. The maximum atomic E-state index is 13.7. The Bertz CT molecular complexity index is 1850. The van der Waals surface area contributed by atoms with E-state index in [1.165, 1.54) is 0 Å². The Kier molecular flexibility index (Phi) is 18.6. The number of esters is 2. The molecule has 4 aromatic carbocycles. The molecule has 14 heteroatoms. The van der Waals surface area contributed by atoms with Crippen molar-refractivity contribution >= 4 is 43.8 Å². The summed E-state index contributed by atoms with van der Waals surface area (Å²) in [6.07, 6.45) is 0. The van der Waals surface area contributed by atoms with Gasteiger partial charge >= 0.3 is 11.9 Å². The van der Waals surface area contributed by atoms with Crippen LogP contribution in [-0.4, -0.2) is 119 Å². The van der Waals surface area contributed by atoms with E-state index in [0.29, 0.717) is 64.4 Å². The van der Waals surface area contributed by atoms with Crippen LogP contribution < -0.4 is 9.47 Å². The van der Waals surface area contributed by atoms with Crippen molar-refractivity contribution < 1.29 is 57.0 Å². The lowest BCUT2D eigenvalue weighted by Crippen LogP contribution is -2.30. The topological polar surface area (TPSA) is 126 Å². The monoisotopic (exact) mass is 942 g/mol. The first-order valence-electron chi connectivity index (χ1n) is 19.6. The van der Waals surface area contributed by atoms with E-state index in [9.17, 15) is 9.59 Å². The Morgan fingerprint density at radius 1 is 0.492 bits per heavy atom. The lowest BCUT2D eigenvalue weighted by molar-refractivity contribution is 0.0177. The maximum absolute atomic E-state index is 13.7. The Morgan fingerprint density at radius 2 is 0.864 bits per heavy atom. The zero-order valence-corrected chi connectivity index (χ0v) is 37.2. The second-order valence-corrected chi connectivity index (χ2v) is 15.0. The first kappa shape index (κ1) is 46.2. The van der Waals surface area contributed by atoms with Crippen LogP contribution >= 0.6 is 31.9 Å². The van der Waals surface area contributed by atoms with Crippen molar-refractivity contribution in [3.05, 3.63) is 115 Å². The number of fused-ring (bicyclic) bond motifs is 3. The summed E-state index contributed by atoms with van der Waals surface area (Å²) in [5, 5.41) is 0. The van der Waals surface area contributed by atoms with Crippen LogP contribution in [0.15, 0.2) is 81.7 Å². The highest BCUT2D eigenvalue weighted by molar-refractivity contribution is 9.10. The van der Waals surface area contributed by atoms with Crippen molar-refractivity contribution in [2.75, 3.05) is 107 Å². The summed E-state index contributed by atoms with van der Waals surface area (Å²) in [7, 11) is 3.24. The Hall–Kier alpha value is -3.86. The van der Waals surface area contributed by atoms with Gasteiger partial charge in [-0.2, -0.15) is 0 Å². The summed E-state index contributed by atoms with van der Waals surface area (Å²) >= 11 is 7.47. The van der Waals surface area contributed by atoms with Gasteiger partial charge in [-0.25, -0.2) is 9.59 Å². The van der Waals surface area contributed by atoms with E-state index < -0.39 is 17.4 Å². The van der Waals surface area contributed by atoms with E-state index in [1.807, 2.05) is 36.4 Å². The van der Waals surface area contributed by atoms with Crippen LogP contribution in [0.25, 0.3) is 11.1 Å². The molecule has 0 aromatic heterocycles. The Morgan fingerprint density at radius 3 is 1.24 bits per heavy atom. The highest BCUT2D eigenvalue weighted by atomic mass is 79.9. The van der Waals surface area contributed by atoms with Crippen molar-refractivity contribution in [2.45, 2.75) is 19.3 Å². The average Bonchev–Trinajstić information content (AvgIpc) is 3.51. The van der Waals surface area contributed by atoms with Gasteiger partial charge in [-0.1, -0.05) is 56.1 Å². The van der Waals surface area contributed by atoms with Gasteiger partial charge < -0.3 is 47.4 Å². The van der Waals surface area contributed by atoms with Crippen molar-refractivity contribution in [1.82, 2.24) is 0 Å². The summed E-state index contributed by atoms with van der Waals surface area (Å²) in [6, 6.07) is 23.5. The minimum atomic E-state index is -1.05. The third-order valence-corrected chi connectivity index (χ3v) is 10.4. The molecule has 1 aliphatic carbocycles. The molecule has 1 aliphatic rings. The van der Waals surface area contributed by atoms with Gasteiger partial charge in [0.25, 0.3) is 0 Å². The van der Waals surface area contributed by atoms with E-state index in [4.69, 9.17) is 47.4 Å².